The highest BCUT2D eigenvalue weighted by Crippen LogP contribution is 2.22. The molecule has 2 nitrogen and oxygen atoms in total. The summed E-state index contributed by atoms with van der Waals surface area (Å²) in [6.07, 6.45) is 2.64. The number of thiophene rings is 1. The predicted molar refractivity (Wildman–Crippen MR) is 66.7 cm³/mol. The highest BCUT2D eigenvalue weighted by atomic mass is 35.5. The Morgan fingerprint density at radius 1 is 1.60 bits per heavy atom. The van der Waals surface area contributed by atoms with Gasteiger partial charge in [0.2, 0.25) is 0 Å². The van der Waals surface area contributed by atoms with Crippen molar-refractivity contribution in [3.63, 3.8) is 0 Å². The smallest absolute Gasteiger partial charge is 0.0931 e. The molecule has 0 aliphatic carbocycles. The molecule has 1 fully saturated rings. The van der Waals surface area contributed by atoms with E-state index in [1.54, 1.807) is 11.3 Å². The number of nitrogens with zero attached hydrogens (tertiary/aromatic N) is 1. The van der Waals surface area contributed by atoms with Crippen molar-refractivity contribution in [3.8, 4) is 0 Å². The van der Waals surface area contributed by atoms with Crippen LogP contribution in [-0.2, 0) is 6.54 Å². The maximum atomic E-state index is 5.90. The molecule has 0 spiro atoms. The summed E-state index contributed by atoms with van der Waals surface area (Å²) >= 11 is 7.58. The van der Waals surface area contributed by atoms with Gasteiger partial charge in [0.25, 0.3) is 0 Å². The molecule has 0 amide bonds. The van der Waals surface area contributed by atoms with Gasteiger partial charge in [-0.15, -0.1) is 11.3 Å². The summed E-state index contributed by atoms with van der Waals surface area (Å²) in [5.41, 5.74) is 0. The van der Waals surface area contributed by atoms with Gasteiger partial charge in [0, 0.05) is 24.0 Å². The Labute approximate surface area is 100 Å². The van der Waals surface area contributed by atoms with Gasteiger partial charge < -0.3 is 5.32 Å². The molecular formula is C11H17ClN2S. The zero-order chi connectivity index (χ0) is 10.7. The molecule has 0 aromatic carbocycles. The van der Waals surface area contributed by atoms with Gasteiger partial charge in [0.05, 0.1) is 4.34 Å². The average Bonchev–Trinajstić information content (AvgIpc) is 2.77. The molecule has 1 aromatic rings. The molecule has 0 bridgehead atoms. The number of rotatable bonds is 4. The van der Waals surface area contributed by atoms with Crippen LogP contribution < -0.4 is 5.32 Å². The molecule has 0 saturated carbocycles. The Morgan fingerprint density at radius 2 is 2.47 bits per heavy atom. The van der Waals surface area contributed by atoms with Gasteiger partial charge >= 0.3 is 0 Å². The number of halogens is 1. The van der Waals surface area contributed by atoms with E-state index in [1.165, 1.54) is 24.3 Å². The summed E-state index contributed by atoms with van der Waals surface area (Å²) in [4.78, 5) is 3.71. The van der Waals surface area contributed by atoms with Crippen LogP contribution in [0.25, 0.3) is 0 Å². The van der Waals surface area contributed by atoms with Gasteiger partial charge in [-0.05, 0) is 38.6 Å². The summed E-state index contributed by atoms with van der Waals surface area (Å²) < 4.78 is 0.886. The van der Waals surface area contributed by atoms with Crippen LogP contribution >= 0.6 is 22.9 Å². The van der Waals surface area contributed by atoms with Crippen LogP contribution in [0.4, 0.5) is 0 Å². The van der Waals surface area contributed by atoms with Crippen LogP contribution in [0.5, 0.6) is 0 Å². The molecule has 1 aromatic heterocycles. The summed E-state index contributed by atoms with van der Waals surface area (Å²) in [5.74, 6) is 0. The molecule has 1 N–H and O–H groups in total. The zero-order valence-corrected chi connectivity index (χ0v) is 10.6. The molecule has 2 heterocycles. The first-order valence-electron chi connectivity index (χ1n) is 5.40. The Bertz CT molecular complexity index is 307. The number of nitrogens with one attached hydrogen (secondary N) is 1. The van der Waals surface area contributed by atoms with Crippen LogP contribution in [0.1, 0.15) is 17.7 Å². The highest BCUT2D eigenvalue weighted by molar-refractivity contribution is 7.16. The maximum absolute atomic E-state index is 5.90. The highest BCUT2D eigenvalue weighted by Gasteiger charge is 2.16. The molecule has 0 radical (unpaired) electrons. The zero-order valence-electron chi connectivity index (χ0n) is 9.00. The standard InChI is InChI=1S/C11H17ClN2S/c1-14(7-9-3-2-6-13-9)8-10-4-5-11(12)15-10/h4-5,9,13H,2-3,6-8H2,1H3/t9-/m0/s1. The van der Waals surface area contributed by atoms with Crippen molar-refractivity contribution in [2.75, 3.05) is 20.1 Å². The van der Waals surface area contributed by atoms with E-state index in [1.807, 2.05) is 6.07 Å². The monoisotopic (exact) mass is 244 g/mol. The lowest BCUT2D eigenvalue weighted by Crippen LogP contribution is -2.34. The first kappa shape index (κ1) is 11.4. The second-order valence-corrected chi connectivity index (χ2v) is 6.00. The molecule has 1 aliphatic heterocycles. The lowest BCUT2D eigenvalue weighted by molar-refractivity contribution is 0.295. The molecule has 15 heavy (non-hydrogen) atoms. The Balaban J connectivity index is 1.78. The number of hydrogen-bond acceptors (Lipinski definition) is 3. The summed E-state index contributed by atoms with van der Waals surface area (Å²) in [7, 11) is 2.17. The molecule has 2 rings (SSSR count). The van der Waals surface area contributed by atoms with E-state index in [4.69, 9.17) is 11.6 Å². The average molecular weight is 245 g/mol. The van der Waals surface area contributed by atoms with E-state index in [9.17, 15) is 0 Å². The molecule has 1 atom stereocenters. The first-order valence-corrected chi connectivity index (χ1v) is 6.59. The van der Waals surface area contributed by atoms with Gasteiger partial charge in [-0.2, -0.15) is 0 Å². The van der Waals surface area contributed by atoms with E-state index in [2.05, 4.69) is 23.3 Å². The summed E-state index contributed by atoms with van der Waals surface area (Å²) in [6.45, 7) is 3.33. The third-order valence-corrected chi connectivity index (χ3v) is 3.96. The van der Waals surface area contributed by atoms with E-state index >= 15 is 0 Å². The minimum Gasteiger partial charge on any atom is -0.313 e. The fraction of sp³-hybridized carbons (Fsp3) is 0.636. The third kappa shape index (κ3) is 3.45. The van der Waals surface area contributed by atoms with Gasteiger partial charge in [-0.3, -0.25) is 4.90 Å². The number of hydrogen-bond donors (Lipinski definition) is 1. The van der Waals surface area contributed by atoms with Crippen LogP contribution in [0.2, 0.25) is 4.34 Å². The van der Waals surface area contributed by atoms with Crippen LogP contribution in [0.15, 0.2) is 12.1 Å². The molecule has 1 saturated heterocycles. The lowest BCUT2D eigenvalue weighted by Gasteiger charge is -2.20. The van der Waals surface area contributed by atoms with E-state index in [0.717, 1.165) is 17.4 Å². The van der Waals surface area contributed by atoms with Crippen LogP contribution in [0.3, 0.4) is 0 Å². The summed E-state index contributed by atoms with van der Waals surface area (Å²) in [5, 5.41) is 3.51. The SMILES string of the molecule is CN(Cc1ccc(Cl)s1)C[C@@H]1CCCN1. The van der Waals surface area contributed by atoms with Gasteiger partial charge in [-0.25, -0.2) is 0 Å². The maximum Gasteiger partial charge on any atom is 0.0931 e. The van der Waals surface area contributed by atoms with Crippen LogP contribution in [0, 0.1) is 0 Å². The fourth-order valence-corrected chi connectivity index (χ4v) is 3.22. The Hall–Kier alpha value is -0.0900. The van der Waals surface area contributed by atoms with Crippen molar-refractivity contribution in [2.45, 2.75) is 25.4 Å². The third-order valence-electron chi connectivity index (χ3n) is 2.75. The largest absolute Gasteiger partial charge is 0.313 e. The quantitative estimate of drug-likeness (QED) is 0.876. The number of likely N-dealkylation sites (N-methyl/N-ethyl adjacent to an activating group) is 1. The van der Waals surface area contributed by atoms with Crippen molar-refractivity contribution in [2.24, 2.45) is 0 Å². The molecule has 84 valence electrons. The topological polar surface area (TPSA) is 15.3 Å². The normalized spacial score (nSPS) is 21.4. The second-order valence-electron chi connectivity index (χ2n) is 4.20. The van der Waals surface area contributed by atoms with Crippen LogP contribution in [-0.4, -0.2) is 31.1 Å². The Morgan fingerprint density at radius 3 is 3.07 bits per heavy atom. The molecule has 1 aliphatic rings. The molecule has 4 heteroatoms. The second kappa shape index (κ2) is 5.30. The lowest BCUT2D eigenvalue weighted by atomic mass is 10.2. The van der Waals surface area contributed by atoms with E-state index < -0.39 is 0 Å². The van der Waals surface area contributed by atoms with Gasteiger partial charge in [-0.1, -0.05) is 11.6 Å². The van der Waals surface area contributed by atoms with Crippen molar-refractivity contribution < 1.29 is 0 Å². The van der Waals surface area contributed by atoms with E-state index in [-0.39, 0.29) is 0 Å². The predicted octanol–water partition coefficient (Wildman–Crippen LogP) is 2.59. The van der Waals surface area contributed by atoms with Gasteiger partial charge in [0.15, 0.2) is 0 Å². The minimum absolute atomic E-state index is 0.686. The minimum atomic E-state index is 0.686. The van der Waals surface area contributed by atoms with Gasteiger partial charge in [0.1, 0.15) is 0 Å². The first-order chi connectivity index (χ1) is 7.24. The molecule has 0 unspecified atom stereocenters. The van der Waals surface area contributed by atoms with Crippen molar-refractivity contribution in [3.05, 3.63) is 21.3 Å². The van der Waals surface area contributed by atoms with E-state index in [0.29, 0.717) is 6.04 Å². The molecular weight excluding hydrogens is 228 g/mol. The Kier molecular flexibility index (Phi) is 4.03. The summed E-state index contributed by atoms with van der Waals surface area (Å²) in [6, 6.07) is 4.78. The fourth-order valence-electron chi connectivity index (χ4n) is 2.06. The van der Waals surface area contributed by atoms with Crippen molar-refractivity contribution >= 4 is 22.9 Å². The van der Waals surface area contributed by atoms with Crippen molar-refractivity contribution in [1.82, 2.24) is 10.2 Å². The van der Waals surface area contributed by atoms with Crippen molar-refractivity contribution in [1.29, 1.82) is 0 Å².